The standard InChI is InChI=1S/C16H27N3O2/c1-17-15(16-12-20-9-10-21-16)11-13-7-8-19(18-13)14-5-3-2-4-6-14/h7-8,14-17H,2-6,9-12H2,1H3. The van der Waals surface area contributed by atoms with E-state index in [-0.39, 0.29) is 12.1 Å². The van der Waals surface area contributed by atoms with Crippen LogP contribution in [0.2, 0.25) is 0 Å². The molecule has 5 nitrogen and oxygen atoms in total. The molecule has 0 aromatic carbocycles. The second-order valence-corrected chi connectivity index (χ2v) is 6.16. The van der Waals surface area contributed by atoms with Crippen molar-refractivity contribution in [2.75, 3.05) is 26.9 Å². The molecule has 2 aliphatic rings. The molecule has 1 aliphatic carbocycles. The number of rotatable bonds is 5. The molecule has 1 aromatic heterocycles. The summed E-state index contributed by atoms with van der Waals surface area (Å²) >= 11 is 0. The van der Waals surface area contributed by atoms with E-state index in [1.807, 2.05) is 7.05 Å². The number of aromatic nitrogens is 2. The third kappa shape index (κ3) is 3.84. The van der Waals surface area contributed by atoms with Gasteiger partial charge in [0, 0.05) is 18.7 Å². The minimum Gasteiger partial charge on any atom is -0.376 e. The van der Waals surface area contributed by atoms with Gasteiger partial charge in [-0.1, -0.05) is 19.3 Å². The molecule has 21 heavy (non-hydrogen) atoms. The van der Waals surface area contributed by atoms with Crippen LogP contribution in [0.4, 0.5) is 0 Å². The van der Waals surface area contributed by atoms with Gasteiger partial charge in [0.25, 0.3) is 0 Å². The van der Waals surface area contributed by atoms with Crippen LogP contribution in [0.15, 0.2) is 12.3 Å². The summed E-state index contributed by atoms with van der Waals surface area (Å²) in [6, 6.07) is 3.03. The molecular formula is C16H27N3O2. The third-order valence-electron chi connectivity index (χ3n) is 4.70. The van der Waals surface area contributed by atoms with E-state index >= 15 is 0 Å². The van der Waals surface area contributed by atoms with Gasteiger partial charge in [-0.3, -0.25) is 4.68 Å². The van der Waals surface area contributed by atoms with Crippen molar-refractivity contribution in [3.63, 3.8) is 0 Å². The fraction of sp³-hybridized carbons (Fsp3) is 0.812. The van der Waals surface area contributed by atoms with Crippen molar-refractivity contribution in [2.24, 2.45) is 0 Å². The van der Waals surface area contributed by atoms with Gasteiger partial charge in [-0.25, -0.2) is 0 Å². The lowest BCUT2D eigenvalue weighted by Crippen LogP contribution is -2.46. The zero-order valence-corrected chi connectivity index (χ0v) is 13.0. The van der Waals surface area contributed by atoms with Crippen molar-refractivity contribution in [1.29, 1.82) is 0 Å². The molecule has 118 valence electrons. The summed E-state index contributed by atoms with van der Waals surface area (Å²) in [5, 5.41) is 8.15. The number of hydrogen-bond acceptors (Lipinski definition) is 4. The first-order valence-corrected chi connectivity index (χ1v) is 8.27. The van der Waals surface area contributed by atoms with Crippen LogP contribution in [0, 0.1) is 0 Å². The Hall–Kier alpha value is -0.910. The molecule has 0 amide bonds. The predicted octanol–water partition coefficient (Wildman–Crippen LogP) is 1.93. The summed E-state index contributed by atoms with van der Waals surface area (Å²) in [6.07, 6.45) is 9.78. The van der Waals surface area contributed by atoms with Crippen molar-refractivity contribution in [2.45, 2.75) is 56.7 Å². The molecule has 0 bridgehead atoms. The summed E-state index contributed by atoms with van der Waals surface area (Å²) in [7, 11) is 1.99. The Bertz CT molecular complexity index is 423. The van der Waals surface area contributed by atoms with E-state index < -0.39 is 0 Å². The number of likely N-dealkylation sites (N-methyl/N-ethyl adjacent to an activating group) is 1. The van der Waals surface area contributed by atoms with Crippen LogP contribution in [-0.2, 0) is 15.9 Å². The Morgan fingerprint density at radius 3 is 2.90 bits per heavy atom. The minimum atomic E-state index is 0.128. The van der Waals surface area contributed by atoms with Crippen molar-refractivity contribution in [3.05, 3.63) is 18.0 Å². The lowest BCUT2D eigenvalue weighted by molar-refractivity contribution is -0.100. The SMILES string of the molecule is CNC(Cc1ccn(C2CCCCC2)n1)C1COCCO1. The first kappa shape index (κ1) is 15.0. The Morgan fingerprint density at radius 2 is 2.19 bits per heavy atom. The van der Waals surface area contributed by atoms with E-state index in [1.54, 1.807) is 0 Å². The van der Waals surface area contributed by atoms with E-state index in [2.05, 4.69) is 22.3 Å². The van der Waals surface area contributed by atoms with Crippen LogP contribution < -0.4 is 5.32 Å². The molecule has 0 radical (unpaired) electrons. The Kier molecular flexibility index (Phi) is 5.27. The van der Waals surface area contributed by atoms with Gasteiger partial charge in [0.2, 0.25) is 0 Å². The maximum absolute atomic E-state index is 5.80. The van der Waals surface area contributed by atoms with E-state index in [9.17, 15) is 0 Å². The highest BCUT2D eigenvalue weighted by Crippen LogP contribution is 2.27. The van der Waals surface area contributed by atoms with Gasteiger partial charge in [0.05, 0.1) is 37.7 Å². The second kappa shape index (κ2) is 7.38. The van der Waals surface area contributed by atoms with Gasteiger partial charge in [-0.2, -0.15) is 5.10 Å². The Balaban J connectivity index is 1.59. The van der Waals surface area contributed by atoms with E-state index in [1.165, 1.54) is 32.1 Å². The fourth-order valence-corrected chi connectivity index (χ4v) is 3.42. The zero-order valence-electron chi connectivity index (χ0n) is 13.0. The molecule has 3 rings (SSSR count). The van der Waals surface area contributed by atoms with E-state index in [4.69, 9.17) is 14.6 Å². The largest absolute Gasteiger partial charge is 0.376 e. The van der Waals surface area contributed by atoms with E-state index in [0.29, 0.717) is 25.9 Å². The highest BCUT2D eigenvalue weighted by Gasteiger charge is 2.25. The quantitative estimate of drug-likeness (QED) is 0.901. The molecule has 2 fully saturated rings. The van der Waals surface area contributed by atoms with Gasteiger partial charge in [0.1, 0.15) is 0 Å². The summed E-state index contributed by atoms with van der Waals surface area (Å²) in [4.78, 5) is 0. The second-order valence-electron chi connectivity index (χ2n) is 6.16. The molecule has 1 N–H and O–H groups in total. The molecule has 1 aliphatic heterocycles. The first-order valence-electron chi connectivity index (χ1n) is 8.27. The Morgan fingerprint density at radius 1 is 1.33 bits per heavy atom. The molecular weight excluding hydrogens is 266 g/mol. The van der Waals surface area contributed by atoms with Gasteiger partial charge in [0.15, 0.2) is 0 Å². The number of ether oxygens (including phenoxy) is 2. The zero-order chi connectivity index (χ0) is 14.5. The van der Waals surface area contributed by atoms with Crippen LogP contribution in [0.1, 0.15) is 43.8 Å². The topological polar surface area (TPSA) is 48.3 Å². The van der Waals surface area contributed by atoms with Crippen LogP contribution in [0.25, 0.3) is 0 Å². The lowest BCUT2D eigenvalue weighted by atomic mass is 9.96. The summed E-state index contributed by atoms with van der Waals surface area (Å²) in [5.41, 5.74) is 1.15. The van der Waals surface area contributed by atoms with E-state index in [0.717, 1.165) is 12.1 Å². The molecule has 1 aromatic rings. The first-order chi connectivity index (χ1) is 10.4. The maximum atomic E-state index is 5.80. The fourth-order valence-electron chi connectivity index (χ4n) is 3.42. The van der Waals surface area contributed by atoms with Crippen LogP contribution in [0.3, 0.4) is 0 Å². The third-order valence-corrected chi connectivity index (χ3v) is 4.70. The minimum absolute atomic E-state index is 0.128. The highest BCUT2D eigenvalue weighted by molar-refractivity contribution is 5.04. The lowest BCUT2D eigenvalue weighted by Gasteiger charge is -2.29. The highest BCUT2D eigenvalue weighted by atomic mass is 16.6. The molecule has 2 atom stereocenters. The average Bonchev–Trinajstić information content (AvgIpc) is 3.03. The summed E-state index contributed by atoms with van der Waals surface area (Å²) < 4.78 is 13.5. The summed E-state index contributed by atoms with van der Waals surface area (Å²) in [6.45, 7) is 2.08. The average molecular weight is 293 g/mol. The van der Waals surface area contributed by atoms with Crippen LogP contribution in [-0.4, -0.2) is 48.8 Å². The molecule has 1 saturated heterocycles. The van der Waals surface area contributed by atoms with Gasteiger partial charge in [-0.15, -0.1) is 0 Å². The maximum Gasteiger partial charge on any atom is 0.0965 e. The Labute approximate surface area is 127 Å². The van der Waals surface area contributed by atoms with Gasteiger partial charge < -0.3 is 14.8 Å². The van der Waals surface area contributed by atoms with Gasteiger partial charge >= 0.3 is 0 Å². The van der Waals surface area contributed by atoms with Crippen LogP contribution >= 0.6 is 0 Å². The number of nitrogens with zero attached hydrogens (tertiary/aromatic N) is 2. The van der Waals surface area contributed by atoms with Crippen molar-refractivity contribution >= 4 is 0 Å². The summed E-state index contributed by atoms with van der Waals surface area (Å²) in [5.74, 6) is 0. The monoisotopic (exact) mass is 293 g/mol. The van der Waals surface area contributed by atoms with Crippen LogP contribution in [0.5, 0.6) is 0 Å². The molecule has 2 unspecified atom stereocenters. The molecule has 5 heteroatoms. The number of nitrogens with one attached hydrogen (secondary N) is 1. The molecule has 2 heterocycles. The normalized spacial score (nSPS) is 25.9. The van der Waals surface area contributed by atoms with Crippen molar-refractivity contribution < 1.29 is 9.47 Å². The molecule has 1 saturated carbocycles. The smallest absolute Gasteiger partial charge is 0.0965 e. The molecule has 0 spiro atoms. The number of hydrogen-bond donors (Lipinski definition) is 1. The van der Waals surface area contributed by atoms with Crippen molar-refractivity contribution in [3.8, 4) is 0 Å². The van der Waals surface area contributed by atoms with Crippen molar-refractivity contribution in [1.82, 2.24) is 15.1 Å². The van der Waals surface area contributed by atoms with Gasteiger partial charge in [-0.05, 0) is 26.0 Å². The predicted molar refractivity (Wildman–Crippen MR) is 81.5 cm³/mol.